The number of ether oxygens (including phenoxy) is 5. The van der Waals surface area contributed by atoms with Crippen molar-refractivity contribution < 1.29 is 33.3 Å². The minimum atomic E-state index is -0.0833. The lowest BCUT2D eigenvalue weighted by molar-refractivity contribution is 0.0713. The molecule has 4 heterocycles. The van der Waals surface area contributed by atoms with Gasteiger partial charge in [0.05, 0.1) is 68.1 Å². The fraction of sp³-hybridized carbons (Fsp3) is 0.515. The number of carbonyl (C=O) groups is 2. The van der Waals surface area contributed by atoms with E-state index in [1.165, 1.54) is 0 Å². The average Bonchev–Trinajstić information content (AvgIpc) is 3.57. The van der Waals surface area contributed by atoms with Gasteiger partial charge in [-0.25, -0.2) is 0 Å². The largest absolute Gasteiger partial charge is 0.493 e. The molecule has 0 aliphatic carbocycles. The lowest BCUT2D eigenvalue weighted by Gasteiger charge is -2.20. The van der Waals surface area contributed by atoms with Crippen LogP contribution in [-0.4, -0.2) is 99.9 Å². The van der Waals surface area contributed by atoms with Crippen LogP contribution in [0.3, 0.4) is 0 Å². The Labute approximate surface area is 257 Å². The van der Waals surface area contributed by atoms with Crippen LogP contribution >= 0.6 is 0 Å². The third-order valence-corrected chi connectivity index (χ3v) is 8.81. The number of rotatable bonds is 11. The number of benzene rings is 2. The van der Waals surface area contributed by atoms with Gasteiger partial charge in [0.25, 0.3) is 11.8 Å². The molecule has 2 aromatic rings. The number of hydrogen-bond donors (Lipinski definition) is 0. The first-order chi connectivity index (χ1) is 21.4. The fourth-order valence-electron chi connectivity index (χ4n) is 6.42. The van der Waals surface area contributed by atoms with Crippen LogP contribution in [0.4, 0.5) is 11.4 Å². The zero-order valence-electron chi connectivity index (χ0n) is 25.8. The number of methoxy groups -OCH3 is 3. The zero-order valence-corrected chi connectivity index (χ0v) is 25.8. The van der Waals surface area contributed by atoms with Crippen LogP contribution in [0.25, 0.3) is 0 Å². The van der Waals surface area contributed by atoms with E-state index in [-0.39, 0.29) is 30.0 Å². The Balaban J connectivity index is 1.01. The monoisotopic (exact) mass is 604 g/mol. The number of hydrogen-bond acceptors (Lipinski definition) is 9. The Hall–Kier alpha value is -4.12. The molecule has 11 nitrogen and oxygen atoms in total. The summed E-state index contributed by atoms with van der Waals surface area (Å²) in [6.45, 7) is 4.40. The van der Waals surface area contributed by atoms with E-state index in [9.17, 15) is 9.59 Å². The molecule has 234 valence electrons. The maximum atomic E-state index is 13.3. The van der Waals surface area contributed by atoms with Crippen molar-refractivity contribution in [3.8, 4) is 23.0 Å². The summed E-state index contributed by atoms with van der Waals surface area (Å²) in [4.78, 5) is 39.4. The van der Waals surface area contributed by atoms with Crippen LogP contribution in [0.1, 0.15) is 59.7 Å². The number of aliphatic imine (C=N–C) groups is 2. The molecule has 44 heavy (non-hydrogen) atoms. The molecule has 4 aliphatic rings. The highest BCUT2D eigenvalue weighted by Crippen LogP contribution is 2.40. The van der Waals surface area contributed by atoms with Crippen LogP contribution in [0.15, 0.2) is 34.3 Å². The van der Waals surface area contributed by atoms with Gasteiger partial charge in [-0.05, 0) is 43.7 Å². The van der Waals surface area contributed by atoms with Crippen LogP contribution in [0, 0.1) is 5.92 Å². The van der Waals surface area contributed by atoms with E-state index in [0.717, 1.165) is 38.6 Å². The average molecular weight is 605 g/mol. The Morgan fingerprint density at radius 1 is 0.705 bits per heavy atom. The highest BCUT2D eigenvalue weighted by molar-refractivity contribution is 6.04. The van der Waals surface area contributed by atoms with E-state index in [1.807, 2.05) is 22.2 Å². The first-order valence-electron chi connectivity index (χ1n) is 15.3. The Bertz CT molecular complexity index is 1470. The van der Waals surface area contributed by atoms with Crippen LogP contribution in [-0.2, 0) is 4.74 Å². The normalized spacial score (nSPS) is 23.5. The minimum absolute atomic E-state index is 0.0123. The smallest absolute Gasteiger partial charge is 0.256 e. The first kappa shape index (κ1) is 29.9. The molecular weight excluding hydrogens is 564 g/mol. The van der Waals surface area contributed by atoms with Crippen molar-refractivity contribution in [1.29, 1.82) is 0 Å². The minimum Gasteiger partial charge on any atom is -0.493 e. The maximum Gasteiger partial charge on any atom is 0.256 e. The molecule has 2 unspecified atom stereocenters. The van der Waals surface area contributed by atoms with E-state index in [2.05, 4.69) is 16.9 Å². The van der Waals surface area contributed by atoms with Crippen molar-refractivity contribution in [3.63, 3.8) is 0 Å². The summed E-state index contributed by atoms with van der Waals surface area (Å²) in [5.74, 6) is 2.53. The quantitative estimate of drug-likeness (QED) is 0.338. The second kappa shape index (κ2) is 12.9. The third-order valence-electron chi connectivity index (χ3n) is 8.81. The van der Waals surface area contributed by atoms with E-state index in [4.69, 9.17) is 23.7 Å². The predicted octanol–water partition coefficient (Wildman–Crippen LogP) is 4.84. The summed E-state index contributed by atoms with van der Waals surface area (Å²) >= 11 is 0. The molecule has 2 amide bonds. The molecule has 0 spiro atoms. The summed E-state index contributed by atoms with van der Waals surface area (Å²) in [5.41, 5.74) is 2.24. The van der Waals surface area contributed by atoms with Crippen molar-refractivity contribution in [2.45, 2.75) is 57.2 Å². The second-order valence-electron chi connectivity index (χ2n) is 11.8. The van der Waals surface area contributed by atoms with Crippen molar-refractivity contribution in [2.24, 2.45) is 15.9 Å². The van der Waals surface area contributed by atoms with Gasteiger partial charge in [0.15, 0.2) is 23.0 Å². The third kappa shape index (κ3) is 5.85. The number of amides is 2. The molecule has 2 saturated heterocycles. The summed E-state index contributed by atoms with van der Waals surface area (Å²) in [7, 11) is 4.81. The first-order valence-corrected chi connectivity index (χ1v) is 15.3. The van der Waals surface area contributed by atoms with Crippen molar-refractivity contribution in [1.82, 2.24) is 9.80 Å². The van der Waals surface area contributed by atoms with Crippen molar-refractivity contribution in [3.05, 3.63) is 35.4 Å². The van der Waals surface area contributed by atoms with E-state index >= 15 is 0 Å². The molecule has 4 aliphatic heterocycles. The molecular formula is C33H40N4O7. The molecule has 2 fully saturated rings. The molecule has 6 rings (SSSR count). The number of fused-ring (bicyclic) bond motifs is 4. The van der Waals surface area contributed by atoms with Gasteiger partial charge in [-0.1, -0.05) is 6.92 Å². The Kier molecular flexibility index (Phi) is 8.74. The maximum absolute atomic E-state index is 13.3. The van der Waals surface area contributed by atoms with Gasteiger partial charge in [-0.15, -0.1) is 0 Å². The summed E-state index contributed by atoms with van der Waals surface area (Å²) < 4.78 is 28.7. The molecule has 11 heteroatoms. The molecule has 0 saturated carbocycles. The van der Waals surface area contributed by atoms with Gasteiger partial charge in [-0.2, -0.15) is 0 Å². The zero-order chi connectivity index (χ0) is 30.8. The van der Waals surface area contributed by atoms with E-state index < -0.39 is 0 Å². The van der Waals surface area contributed by atoms with Crippen molar-refractivity contribution in [2.75, 3.05) is 47.6 Å². The molecule has 2 aromatic carbocycles. The summed E-state index contributed by atoms with van der Waals surface area (Å²) in [6, 6.07) is 7.00. The molecule has 0 radical (unpaired) electrons. The lowest BCUT2D eigenvalue weighted by Crippen LogP contribution is -2.35. The van der Waals surface area contributed by atoms with Gasteiger partial charge in [-0.3, -0.25) is 19.6 Å². The van der Waals surface area contributed by atoms with Crippen LogP contribution in [0.5, 0.6) is 23.0 Å². The predicted molar refractivity (Wildman–Crippen MR) is 166 cm³/mol. The fourth-order valence-corrected chi connectivity index (χ4v) is 6.42. The summed E-state index contributed by atoms with van der Waals surface area (Å²) in [5, 5.41) is 0. The molecule has 0 N–H and O–H groups in total. The van der Waals surface area contributed by atoms with Crippen molar-refractivity contribution >= 4 is 35.6 Å². The summed E-state index contributed by atoms with van der Waals surface area (Å²) in [6.07, 6.45) is 7.86. The van der Waals surface area contributed by atoms with Gasteiger partial charge in [0, 0.05) is 51.2 Å². The molecule has 0 bridgehead atoms. The highest BCUT2D eigenvalue weighted by atomic mass is 16.5. The standard InChI is InChI=1S/C33H40N4O7/c1-20-10-21-16-34-26-14-30(28(41-3)12-24(26)32(38)36(21)18-20)43-8-6-5-7-9-44-31-15-27-25(13-29(31)42-4)33(39)37-19-23(40-2)11-22(37)17-35-27/h12-17,20-23H,5-11,18-19H2,1-4H3/t20?,21-,22-,23?/m0/s1. The van der Waals surface area contributed by atoms with Gasteiger partial charge in [0.1, 0.15) is 0 Å². The Morgan fingerprint density at radius 3 is 1.75 bits per heavy atom. The lowest BCUT2D eigenvalue weighted by atomic mass is 10.1. The Morgan fingerprint density at radius 2 is 1.23 bits per heavy atom. The highest BCUT2D eigenvalue weighted by Gasteiger charge is 2.38. The SMILES string of the molecule is COc1cc2c(cc1OCCCCCOc1cc3c(cc1OC)C(=O)N1CC(OC)C[C@H]1C=N3)N=C[C@@H]1CC(C)CN1C2=O. The number of unbranched alkanes of at least 4 members (excludes halogenated alkanes) is 2. The second-order valence-corrected chi connectivity index (χ2v) is 11.8. The van der Waals surface area contributed by atoms with E-state index in [0.29, 0.717) is 71.2 Å². The number of carbonyl (C=O) groups excluding carboxylic acids is 2. The van der Waals surface area contributed by atoms with Gasteiger partial charge >= 0.3 is 0 Å². The van der Waals surface area contributed by atoms with Gasteiger partial charge < -0.3 is 33.5 Å². The molecule has 4 atom stereocenters. The number of nitrogens with zero attached hydrogens (tertiary/aromatic N) is 4. The van der Waals surface area contributed by atoms with Gasteiger partial charge in [0.2, 0.25) is 0 Å². The van der Waals surface area contributed by atoms with Crippen LogP contribution < -0.4 is 18.9 Å². The topological polar surface area (TPSA) is 111 Å². The molecule has 0 aromatic heterocycles. The van der Waals surface area contributed by atoms with Crippen LogP contribution in [0.2, 0.25) is 0 Å². The van der Waals surface area contributed by atoms with E-state index in [1.54, 1.807) is 45.6 Å².